The van der Waals surface area contributed by atoms with Crippen LogP contribution in [0.25, 0.3) is 0 Å². The van der Waals surface area contributed by atoms with Gasteiger partial charge in [-0.25, -0.2) is 0 Å². The van der Waals surface area contributed by atoms with Gasteiger partial charge in [0.1, 0.15) is 5.54 Å². The fraction of sp³-hybridized carbons (Fsp3) is 0.611. The molecular weight excluding hydrogens is 308 g/mol. The minimum atomic E-state index is -0.934. The van der Waals surface area contributed by atoms with Crippen LogP contribution in [0.4, 0.5) is 0 Å². The molecule has 6 nitrogen and oxygen atoms in total. The van der Waals surface area contributed by atoms with Gasteiger partial charge in [-0.15, -0.1) is 0 Å². The Kier molecular flexibility index (Phi) is 5.11. The van der Waals surface area contributed by atoms with Gasteiger partial charge in [0.15, 0.2) is 11.5 Å². The number of hydrogen-bond donors (Lipinski definition) is 2. The summed E-state index contributed by atoms with van der Waals surface area (Å²) < 4.78 is 10.7. The quantitative estimate of drug-likeness (QED) is 0.829. The molecule has 6 heteroatoms. The predicted molar refractivity (Wildman–Crippen MR) is 91.9 cm³/mol. The molecule has 2 rings (SSSR count). The topological polar surface area (TPSA) is 85.0 Å². The van der Waals surface area contributed by atoms with Crippen LogP contribution in [-0.2, 0) is 16.1 Å². The Morgan fingerprint density at radius 3 is 2.62 bits per heavy atom. The molecule has 0 aliphatic heterocycles. The Morgan fingerprint density at radius 2 is 2.12 bits per heavy atom. The molecule has 1 aromatic carbocycles. The third-order valence-electron chi connectivity index (χ3n) is 5.22. The number of nitrogens with zero attached hydrogens (tertiary/aromatic N) is 1. The van der Waals surface area contributed by atoms with Crippen molar-refractivity contribution in [1.82, 2.24) is 4.90 Å². The molecule has 0 spiro atoms. The summed E-state index contributed by atoms with van der Waals surface area (Å²) in [7, 11) is 3.22. The molecule has 0 radical (unpaired) electrons. The number of phenols is 1. The minimum Gasteiger partial charge on any atom is -0.504 e. The normalized spacial score (nSPS) is 25.0. The molecule has 1 amide bonds. The van der Waals surface area contributed by atoms with Crippen LogP contribution in [0.1, 0.15) is 32.8 Å². The summed E-state index contributed by atoms with van der Waals surface area (Å²) in [6.07, 6.45) is 0.514. The second kappa shape index (κ2) is 6.61. The lowest BCUT2D eigenvalue weighted by Gasteiger charge is -2.58. The van der Waals surface area contributed by atoms with Gasteiger partial charge in [-0.1, -0.05) is 19.9 Å². The van der Waals surface area contributed by atoms with E-state index in [1.165, 1.54) is 7.11 Å². The van der Waals surface area contributed by atoms with Crippen LogP contribution >= 0.6 is 0 Å². The summed E-state index contributed by atoms with van der Waals surface area (Å²) in [4.78, 5) is 14.5. The number of benzene rings is 1. The minimum absolute atomic E-state index is 0.00474. The van der Waals surface area contributed by atoms with Crippen LogP contribution < -0.4 is 10.5 Å². The number of phenolic OH excluding ortho intramolecular Hbond substituents is 1. The highest BCUT2D eigenvalue weighted by molar-refractivity contribution is 5.88. The van der Waals surface area contributed by atoms with Crippen molar-refractivity contribution in [3.05, 3.63) is 23.8 Å². The zero-order valence-electron chi connectivity index (χ0n) is 15.1. The smallest absolute Gasteiger partial charge is 0.243 e. The summed E-state index contributed by atoms with van der Waals surface area (Å²) in [6, 6.07) is 5.10. The zero-order valence-corrected chi connectivity index (χ0v) is 15.1. The van der Waals surface area contributed by atoms with Crippen molar-refractivity contribution in [3.63, 3.8) is 0 Å². The summed E-state index contributed by atoms with van der Waals surface area (Å²) in [5, 5.41) is 9.87. The third kappa shape index (κ3) is 2.96. The molecule has 1 aliphatic rings. The molecule has 0 heterocycles. The van der Waals surface area contributed by atoms with Gasteiger partial charge in [0.05, 0.1) is 13.2 Å². The number of aromatic hydroxyl groups is 1. The average Bonchev–Trinajstić information content (AvgIpc) is 2.53. The molecular formula is C18H28N2O4. The number of rotatable bonds is 6. The lowest BCUT2D eigenvalue weighted by Crippen LogP contribution is -2.75. The van der Waals surface area contributed by atoms with Crippen molar-refractivity contribution in [1.29, 1.82) is 0 Å². The highest BCUT2D eigenvalue weighted by Gasteiger charge is 2.63. The summed E-state index contributed by atoms with van der Waals surface area (Å²) in [5.74, 6) is 0.347. The van der Waals surface area contributed by atoms with Gasteiger partial charge in [0.25, 0.3) is 0 Å². The monoisotopic (exact) mass is 336 g/mol. The van der Waals surface area contributed by atoms with Gasteiger partial charge >= 0.3 is 0 Å². The van der Waals surface area contributed by atoms with E-state index in [9.17, 15) is 9.90 Å². The highest BCUT2D eigenvalue weighted by Crippen LogP contribution is 2.50. The van der Waals surface area contributed by atoms with E-state index >= 15 is 0 Å². The predicted octanol–water partition coefficient (Wildman–Crippen LogP) is 1.89. The first-order chi connectivity index (χ1) is 11.2. The Hall–Kier alpha value is -1.79. The van der Waals surface area contributed by atoms with Crippen LogP contribution in [0.5, 0.6) is 11.5 Å². The van der Waals surface area contributed by atoms with E-state index in [-0.39, 0.29) is 17.8 Å². The van der Waals surface area contributed by atoms with Crippen LogP contribution in [0, 0.1) is 5.41 Å². The Bertz CT molecular complexity index is 617. The van der Waals surface area contributed by atoms with Crippen molar-refractivity contribution in [2.24, 2.45) is 11.1 Å². The maximum Gasteiger partial charge on any atom is 0.243 e. The van der Waals surface area contributed by atoms with Crippen molar-refractivity contribution >= 4 is 5.91 Å². The van der Waals surface area contributed by atoms with Crippen molar-refractivity contribution in [2.45, 2.75) is 45.4 Å². The van der Waals surface area contributed by atoms with Crippen LogP contribution in [0.15, 0.2) is 18.2 Å². The molecule has 2 unspecified atom stereocenters. The fourth-order valence-corrected chi connectivity index (χ4v) is 3.32. The average molecular weight is 336 g/mol. The summed E-state index contributed by atoms with van der Waals surface area (Å²) in [6.45, 7) is 6.87. The van der Waals surface area contributed by atoms with E-state index in [0.29, 0.717) is 25.3 Å². The number of ether oxygens (including phenoxy) is 2. The number of carbonyl (C=O) groups is 1. The van der Waals surface area contributed by atoms with Gasteiger partial charge in [0, 0.05) is 32.0 Å². The van der Waals surface area contributed by atoms with Crippen molar-refractivity contribution in [3.8, 4) is 11.5 Å². The van der Waals surface area contributed by atoms with Crippen LogP contribution in [0.3, 0.4) is 0 Å². The largest absolute Gasteiger partial charge is 0.504 e. The van der Waals surface area contributed by atoms with Crippen molar-refractivity contribution in [2.75, 3.05) is 20.8 Å². The second-order valence-corrected chi connectivity index (χ2v) is 7.01. The lowest BCUT2D eigenvalue weighted by molar-refractivity contribution is -0.178. The lowest BCUT2D eigenvalue weighted by atomic mass is 9.54. The molecule has 3 N–H and O–H groups in total. The zero-order chi connectivity index (χ0) is 18.1. The molecule has 0 bridgehead atoms. The number of amides is 1. The molecule has 24 heavy (non-hydrogen) atoms. The van der Waals surface area contributed by atoms with E-state index in [1.54, 1.807) is 24.1 Å². The summed E-state index contributed by atoms with van der Waals surface area (Å²) >= 11 is 0. The van der Waals surface area contributed by atoms with E-state index in [1.807, 2.05) is 26.8 Å². The molecule has 1 aromatic rings. The number of hydrogen-bond acceptors (Lipinski definition) is 5. The Labute approximate surface area is 143 Å². The molecule has 0 aromatic heterocycles. The Balaban J connectivity index is 2.09. The number of methoxy groups -OCH3 is 1. The van der Waals surface area contributed by atoms with E-state index in [0.717, 1.165) is 5.56 Å². The van der Waals surface area contributed by atoms with E-state index in [2.05, 4.69) is 0 Å². The third-order valence-corrected chi connectivity index (χ3v) is 5.22. The first-order valence-electron chi connectivity index (χ1n) is 8.19. The molecule has 1 fully saturated rings. The highest BCUT2D eigenvalue weighted by atomic mass is 16.5. The SMILES string of the molecule is CCOC1CC(N)(C(=O)N(C)Cc2ccc(OC)c(O)c2)C1(C)C. The molecule has 134 valence electrons. The van der Waals surface area contributed by atoms with Gasteiger partial charge in [-0.05, 0) is 24.6 Å². The molecule has 1 saturated carbocycles. The molecule has 0 saturated heterocycles. The Morgan fingerprint density at radius 1 is 1.46 bits per heavy atom. The summed E-state index contributed by atoms with van der Waals surface area (Å²) in [5.41, 5.74) is 5.89. The number of nitrogens with two attached hydrogens (primary N) is 1. The first-order valence-corrected chi connectivity index (χ1v) is 8.19. The second-order valence-electron chi connectivity index (χ2n) is 7.01. The van der Waals surface area contributed by atoms with Gasteiger partial charge in [-0.2, -0.15) is 0 Å². The van der Waals surface area contributed by atoms with Crippen LogP contribution in [0.2, 0.25) is 0 Å². The number of likely N-dealkylation sites (N-methyl/N-ethyl adjacent to an activating group) is 1. The van der Waals surface area contributed by atoms with E-state index < -0.39 is 11.0 Å². The standard InChI is InChI=1S/C18H28N2O4/c1-6-24-15-10-18(19,17(15,2)3)16(22)20(4)11-12-7-8-14(23-5)13(21)9-12/h7-9,15,21H,6,10-11,19H2,1-5H3. The fourth-order valence-electron chi connectivity index (χ4n) is 3.32. The maximum absolute atomic E-state index is 12.9. The molecule has 1 aliphatic carbocycles. The molecule has 2 atom stereocenters. The number of carbonyl (C=O) groups excluding carboxylic acids is 1. The maximum atomic E-state index is 12.9. The van der Waals surface area contributed by atoms with Gasteiger partial charge in [0.2, 0.25) is 5.91 Å². The van der Waals surface area contributed by atoms with Crippen molar-refractivity contribution < 1.29 is 19.4 Å². The first kappa shape index (κ1) is 18.5. The van der Waals surface area contributed by atoms with Gasteiger partial charge < -0.3 is 25.2 Å². The van der Waals surface area contributed by atoms with E-state index in [4.69, 9.17) is 15.2 Å². The van der Waals surface area contributed by atoms with Gasteiger partial charge in [-0.3, -0.25) is 4.79 Å². The van der Waals surface area contributed by atoms with Crippen LogP contribution in [-0.4, -0.2) is 48.3 Å².